The first-order valence-corrected chi connectivity index (χ1v) is 8.29. The van der Waals surface area contributed by atoms with Gasteiger partial charge in [0, 0.05) is 17.6 Å². The van der Waals surface area contributed by atoms with Crippen molar-refractivity contribution in [3.8, 4) is 0 Å². The average Bonchev–Trinajstić information content (AvgIpc) is 2.43. The molecule has 0 saturated carbocycles. The number of nitrogens with one attached hydrogen (secondary N) is 1. The van der Waals surface area contributed by atoms with Gasteiger partial charge < -0.3 is 5.32 Å². The number of hydrogen-bond donors (Lipinski definition) is 1. The fourth-order valence-electron chi connectivity index (χ4n) is 2.60. The molecule has 0 spiro atoms. The van der Waals surface area contributed by atoms with Crippen molar-refractivity contribution < 1.29 is 0 Å². The summed E-state index contributed by atoms with van der Waals surface area (Å²) in [4.78, 5) is 2.57. The Kier molecular flexibility index (Phi) is 6.35. The lowest BCUT2D eigenvalue weighted by atomic mass is 10.1. The minimum atomic E-state index is 0.969. The van der Waals surface area contributed by atoms with Crippen molar-refractivity contribution >= 4 is 15.9 Å². The topological polar surface area (TPSA) is 15.3 Å². The van der Waals surface area contributed by atoms with Gasteiger partial charge in [0.15, 0.2) is 0 Å². The lowest BCUT2D eigenvalue weighted by Gasteiger charge is -2.26. The summed E-state index contributed by atoms with van der Waals surface area (Å²) in [6, 6.07) is 6.80. The van der Waals surface area contributed by atoms with E-state index >= 15 is 0 Å². The fraction of sp³-hybridized carbons (Fsp3) is 0.625. The molecule has 0 bridgehead atoms. The summed E-state index contributed by atoms with van der Waals surface area (Å²) in [5.41, 5.74) is 2.78. The van der Waals surface area contributed by atoms with E-state index in [2.05, 4.69) is 51.3 Å². The Labute approximate surface area is 125 Å². The number of nitrogens with zero attached hydrogens (tertiary/aromatic N) is 1. The minimum absolute atomic E-state index is 0.969. The van der Waals surface area contributed by atoms with Crippen LogP contribution in [-0.4, -0.2) is 24.5 Å². The van der Waals surface area contributed by atoms with Crippen LogP contribution in [0.3, 0.4) is 0 Å². The second kappa shape index (κ2) is 8.03. The molecule has 106 valence electrons. The van der Waals surface area contributed by atoms with Crippen LogP contribution >= 0.6 is 15.9 Å². The lowest BCUT2D eigenvalue weighted by molar-refractivity contribution is 0.220. The van der Waals surface area contributed by atoms with E-state index < -0.39 is 0 Å². The van der Waals surface area contributed by atoms with Crippen LogP contribution in [0.1, 0.15) is 43.7 Å². The second-order valence-electron chi connectivity index (χ2n) is 5.44. The smallest absolute Gasteiger partial charge is 0.0244 e. The Morgan fingerprint density at radius 3 is 2.68 bits per heavy atom. The highest BCUT2D eigenvalue weighted by Gasteiger charge is 2.12. The third-order valence-electron chi connectivity index (χ3n) is 3.72. The SMILES string of the molecule is CCCNCc1ccc(CN2CCCCC2)c(Br)c1. The van der Waals surface area contributed by atoms with Crippen LogP contribution in [0.2, 0.25) is 0 Å². The van der Waals surface area contributed by atoms with Crippen molar-refractivity contribution in [1.82, 2.24) is 10.2 Å². The standard InChI is InChI=1S/C16H25BrN2/c1-2-8-18-12-14-6-7-15(16(17)11-14)13-19-9-4-3-5-10-19/h6-7,11,18H,2-5,8-10,12-13H2,1H3. The van der Waals surface area contributed by atoms with E-state index in [0.29, 0.717) is 0 Å². The molecule has 1 fully saturated rings. The second-order valence-corrected chi connectivity index (χ2v) is 6.29. The molecular formula is C16H25BrN2. The van der Waals surface area contributed by atoms with Gasteiger partial charge in [-0.3, -0.25) is 4.90 Å². The first-order chi connectivity index (χ1) is 9.29. The molecule has 2 rings (SSSR count). The minimum Gasteiger partial charge on any atom is -0.313 e. The summed E-state index contributed by atoms with van der Waals surface area (Å²) in [6.07, 6.45) is 5.31. The molecule has 3 heteroatoms. The van der Waals surface area contributed by atoms with Gasteiger partial charge in [-0.1, -0.05) is 41.4 Å². The number of halogens is 1. The quantitative estimate of drug-likeness (QED) is 0.797. The molecule has 0 amide bonds. The number of hydrogen-bond acceptors (Lipinski definition) is 2. The van der Waals surface area contributed by atoms with E-state index in [4.69, 9.17) is 0 Å². The first kappa shape index (κ1) is 15.0. The van der Waals surface area contributed by atoms with E-state index in [0.717, 1.165) is 19.6 Å². The van der Waals surface area contributed by atoms with Crippen LogP contribution in [-0.2, 0) is 13.1 Å². The van der Waals surface area contributed by atoms with Gasteiger partial charge in [0.05, 0.1) is 0 Å². The van der Waals surface area contributed by atoms with Gasteiger partial charge in [-0.05, 0) is 56.1 Å². The molecule has 1 aliphatic heterocycles. The first-order valence-electron chi connectivity index (χ1n) is 7.50. The number of likely N-dealkylation sites (tertiary alicyclic amines) is 1. The summed E-state index contributed by atoms with van der Waals surface area (Å²) in [5.74, 6) is 0. The Morgan fingerprint density at radius 1 is 1.21 bits per heavy atom. The van der Waals surface area contributed by atoms with E-state index in [1.807, 2.05) is 0 Å². The molecule has 19 heavy (non-hydrogen) atoms. The molecule has 1 aliphatic rings. The van der Waals surface area contributed by atoms with Crippen LogP contribution in [0, 0.1) is 0 Å². The van der Waals surface area contributed by atoms with Crippen LogP contribution in [0.4, 0.5) is 0 Å². The molecule has 2 nitrogen and oxygen atoms in total. The van der Waals surface area contributed by atoms with E-state index in [1.54, 1.807) is 0 Å². The maximum atomic E-state index is 3.73. The van der Waals surface area contributed by atoms with Gasteiger partial charge >= 0.3 is 0 Å². The highest BCUT2D eigenvalue weighted by Crippen LogP contribution is 2.22. The van der Waals surface area contributed by atoms with Crippen molar-refractivity contribution in [2.75, 3.05) is 19.6 Å². The molecule has 0 aliphatic carbocycles. The molecule has 0 unspecified atom stereocenters. The highest BCUT2D eigenvalue weighted by atomic mass is 79.9. The zero-order valence-corrected chi connectivity index (χ0v) is 13.5. The third-order valence-corrected chi connectivity index (χ3v) is 4.45. The van der Waals surface area contributed by atoms with E-state index in [1.165, 1.54) is 54.4 Å². The summed E-state index contributed by atoms with van der Waals surface area (Å²) in [6.45, 7) is 7.86. The van der Waals surface area contributed by atoms with Gasteiger partial charge in [0.1, 0.15) is 0 Å². The normalized spacial score (nSPS) is 16.7. The molecule has 0 radical (unpaired) electrons. The fourth-order valence-corrected chi connectivity index (χ4v) is 3.15. The molecule has 1 heterocycles. The monoisotopic (exact) mass is 324 g/mol. The summed E-state index contributed by atoms with van der Waals surface area (Å²) in [5, 5.41) is 3.45. The van der Waals surface area contributed by atoms with Crippen LogP contribution < -0.4 is 5.32 Å². The third kappa shape index (κ3) is 4.90. The Bertz CT molecular complexity index is 386. The Hall–Kier alpha value is -0.380. The molecule has 0 atom stereocenters. The van der Waals surface area contributed by atoms with Gasteiger partial charge in [-0.15, -0.1) is 0 Å². The Balaban J connectivity index is 1.90. The zero-order chi connectivity index (χ0) is 13.5. The van der Waals surface area contributed by atoms with Crippen LogP contribution in [0.5, 0.6) is 0 Å². The van der Waals surface area contributed by atoms with Crippen LogP contribution in [0.25, 0.3) is 0 Å². The van der Waals surface area contributed by atoms with Crippen molar-refractivity contribution in [2.24, 2.45) is 0 Å². The van der Waals surface area contributed by atoms with Gasteiger partial charge in [-0.25, -0.2) is 0 Å². The van der Waals surface area contributed by atoms with Crippen molar-refractivity contribution in [3.63, 3.8) is 0 Å². The van der Waals surface area contributed by atoms with E-state index in [9.17, 15) is 0 Å². The van der Waals surface area contributed by atoms with Gasteiger partial charge in [-0.2, -0.15) is 0 Å². The van der Waals surface area contributed by atoms with Crippen molar-refractivity contribution in [2.45, 2.75) is 45.7 Å². The zero-order valence-electron chi connectivity index (χ0n) is 11.9. The molecule has 1 saturated heterocycles. The summed E-state index contributed by atoms with van der Waals surface area (Å²) in [7, 11) is 0. The maximum absolute atomic E-state index is 3.73. The summed E-state index contributed by atoms with van der Waals surface area (Å²) < 4.78 is 1.26. The Morgan fingerprint density at radius 2 is 2.00 bits per heavy atom. The van der Waals surface area contributed by atoms with Crippen LogP contribution in [0.15, 0.2) is 22.7 Å². The van der Waals surface area contributed by atoms with Gasteiger partial charge in [0.25, 0.3) is 0 Å². The van der Waals surface area contributed by atoms with Gasteiger partial charge in [0.2, 0.25) is 0 Å². The molecule has 1 N–H and O–H groups in total. The van der Waals surface area contributed by atoms with E-state index in [-0.39, 0.29) is 0 Å². The predicted molar refractivity (Wildman–Crippen MR) is 85.3 cm³/mol. The largest absolute Gasteiger partial charge is 0.313 e. The number of piperidine rings is 1. The lowest BCUT2D eigenvalue weighted by Crippen LogP contribution is -2.29. The number of benzene rings is 1. The molecular weight excluding hydrogens is 300 g/mol. The summed E-state index contributed by atoms with van der Waals surface area (Å²) >= 11 is 3.73. The molecule has 1 aromatic carbocycles. The highest BCUT2D eigenvalue weighted by molar-refractivity contribution is 9.10. The maximum Gasteiger partial charge on any atom is 0.0244 e. The number of rotatable bonds is 6. The average molecular weight is 325 g/mol. The van der Waals surface area contributed by atoms with Crippen molar-refractivity contribution in [3.05, 3.63) is 33.8 Å². The molecule has 1 aromatic rings. The van der Waals surface area contributed by atoms with Crippen molar-refractivity contribution in [1.29, 1.82) is 0 Å². The predicted octanol–water partition coefficient (Wildman–Crippen LogP) is 3.93. The molecule has 0 aromatic heterocycles.